The van der Waals surface area contributed by atoms with Crippen molar-refractivity contribution in [1.29, 1.82) is 0 Å². The van der Waals surface area contributed by atoms with Crippen LogP contribution in [0.5, 0.6) is 5.75 Å². The molecule has 1 aromatic heterocycles. The summed E-state index contributed by atoms with van der Waals surface area (Å²) in [5.74, 6) is 1.14. The average molecular weight is 347 g/mol. The molecule has 3 rings (SSSR count). The molecule has 0 aliphatic rings. The van der Waals surface area contributed by atoms with E-state index in [0.29, 0.717) is 21.5 Å². The van der Waals surface area contributed by atoms with Gasteiger partial charge in [0.2, 0.25) is 0 Å². The Bertz CT molecular complexity index is 876. The number of ketones is 1. The first-order valence-electron chi connectivity index (χ1n) is 7.03. The van der Waals surface area contributed by atoms with Crippen molar-refractivity contribution < 1.29 is 9.53 Å². The largest absolute Gasteiger partial charge is 0.497 e. The highest BCUT2D eigenvalue weighted by Crippen LogP contribution is 2.24. The fourth-order valence-corrected chi connectivity index (χ4v) is 3.09. The van der Waals surface area contributed by atoms with E-state index in [0.717, 1.165) is 22.3 Å². The number of carbonyl (C=O) groups is 1. The first-order valence-corrected chi connectivity index (χ1v) is 8.39. The second-order valence-electron chi connectivity index (χ2n) is 5.10. The number of Topliss-reactive ketones (excluding diaryl/α,β-unsaturated/α-hetero) is 1. The van der Waals surface area contributed by atoms with Gasteiger partial charge >= 0.3 is 0 Å². The van der Waals surface area contributed by atoms with Crippen molar-refractivity contribution >= 4 is 40.2 Å². The predicted molar refractivity (Wildman–Crippen MR) is 93.9 cm³/mol. The van der Waals surface area contributed by atoms with Gasteiger partial charge in [-0.1, -0.05) is 23.4 Å². The second-order valence-corrected chi connectivity index (χ2v) is 6.47. The Morgan fingerprint density at radius 1 is 1.30 bits per heavy atom. The van der Waals surface area contributed by atoms with Crippen molar-refractivity contribution in [2.75, 3.05) is 12.9 Å². The zero-order valence-corrected chi connectivity index (χ0v) is 14.3. The molecule has 0 unspecified atom stereocenters. The summed E-state index contributed by atoms with van der Waals surface area (Å²) in [6.45, 7) is 1.89. The number of aromatic amines is 1. The molecule has 0 bridgehead atoms. The van der Waals surface area contributed by atoms with Crippen LogP contribution < -0.4 is 4.74 Å². The molecule has 0 aliphatic heterocycles. The van der Waals surface area contributed by atoms with Gasteiger partial charge in [-0.3, -0.25) is 4.79 Å². The van der Waals surface area contributed by atoms with Crippen LogP contribution in [-0.2, 0) is 0 Å². The molecule has 118 valence electrons. The maximum absolute atomic E-state index is 12.3. The molecule has 0 saturated carbocycles. The standard InChI is InChI=1S/C17H15ClN2O2S/c1-10-7-11(3-5-13(10)18)16(21)9-23-17-19-14-6-4-12(22-2)8-15(14)20-17/h3-8H,9H2,1-2H3,(H,19,20). The maximum Gasteiger partial charge on any atom is 0.173 e. The Morgan fingerprint density at radius 3 is 2.87 bits per heavy atom. The predicted octanol–water partition coefficient (Wildman–Crippen LogP) is 4.51. The quantitative estimate of drug-likeness (QED) is 0.545. The number of aromatic nitrogens is 2. The van der Waals surface area contributed by atoms with E-state index in [-0.39, 0.29) is 5.78 Å². The number of hydrogen-bond donors (Lipinski definition) is 1. The zero-order chi connectivity index (χ0) is 16.4. The Labute approximate surface area is 143 Å². The molecule has 0 atom stereocenters. The van der Waals surface area contributed by atoms with E-state index >= 15 is 0 Å². The number of rotatable bonds is 5. The molecule has 0 saturated heterocycles. The second kappa shape index (κ2) is 6.64. The monoisotopic (exact) mass is 346 g/mol. The Kier molecular flexibility index (Phi) is 4.59. The van der Waals surface area contributed by atoms with Crippen LogP contribution in [0.1, 0.15) is 15.9 Å². The number of benzene rings is 2. The van der Waals surface area contributed by atoms with E-state index in [1.807, 2.05) is 31.2 Å². The Balaban J connectivity index is 1.72. The molecule has 23 heavy (non-hydrogen) atoms. The van der Waals surface area contributed by atoms with Crippen molar-refractivity contribution in [2.45, 2.75) is 12.1 Å². The number of aryl methyl sites for hydroxylation is 1. The molecule has 6 heteroatoms. The fourth-order valence-electron chi connectivity index (χ4n) is 2.20. The van der Waals surface area contributed by atoms with E-state index in [9.17, 15) is 4.79 Å². The van der Waals surface area contributed by atoms with Gasteiger partial charge in [-0.2, -0.15) is 0 Å². The van der Waals surface area contributed by atoms with Gasteiger partial charge in [0.05, 0.1) is 23.9 Å². The van der Waals surface area contributed by atoms with Crippen LogP contribution in [0.15, 0.2) is 41.6 Å². The Morgan fingerprint density at radius 2 is 2.13 bits per heavy atom. The summed E-state index contributed by atoms with van der Waals surface area (Å²) in [5.41, 5.74) is 3.31. The molecule has 3 aromatic rings. The van der Waals surface area contributed by atoms with Crippen molar-refractivity contribution in [3.8, 4) is 5.75 Å². The number of thioether (sulfide) groups is 1. The van der Waals surface area contributed by atoms with Crippen LogP contribution in [0.25, 0.3) is 11.0 Å². The molecule has 0 radical (unpaired) electrons. The highest BCUT2D eigenvalue weighted by Gasteiger charge is 2.11. The van der Waals surface area contributed by atoms with Crippen LogP contribution in [0.2, 0.25) is 5.02 Å². The van der Waals surface area contributed by atoms with Crippen LogP contribution in [0.3, 0.4) is 0 Å². The lowest BCUT2D eigenvalue weighted by Gasteiger charge is -2.02. The average Bonchev–Trinajstić information content (AvgIpc) is 2.96. The number of carbonyl (C=O) groups excluding carboxylic acids is 1. The van der Waals surface area contributed by atoms with Crippen LogP contribution in [0.4, 0.5) is 0 Å². The third kappa shape index (κ3) is 3.51. The number of imidazole rings is 1. The van der Waals surface area contributed by atoms with Gasteiger partial charge in [0.1, 0.15) is 5.75 Å². The molecular formula is C17H15ClN2O2S. The number of hydrogen-bond acceptors (Lipinski definition) is 4. The molecule has 0 aliphatic carbocycles. The summed E-state index contributed by atoms with van der Waals surface area (Å²) in [7, 11) is 1.62. The normalized spacial score (nSPS) is 10.9. The first-order chi connectivity index (χ1) is 11.1. The van der Waals surface area contributed by atoms with Crippen LogP contribution in [0, 0.1) is 6.92 Å². The van der Waals surface area contributed by atoms with E-state index in [1.54, 1.807) is 19.2 Å². The summed E-state index contributed by atoms with van der Waals surface area (Å²) in [6, 6.07) is 11.0. The van der Waals surface area contributed by atoms with Crippen LogP contribution >= 0.6 is 23.4 Å². The van der Waals surface area contributed by atoms with E-state index < -0.39 is 0 Å². The summed E-state index contributed by atoms with van der Waals surface area (Å²) in [4.78, 5) is 19.9. The van der Waals surface area contributed by atoms with Crippen LogP contribution in [-0.4, -0.2) is 28.6 Å². The number of methoxy groups -OCH3 is 1. The lowest BCUT2D eigenvalue weighted by atomic mass is 10.1. The number of nitrogens with one attached hydrogen (secondary N) is 1. The van der Waals surface area contributed by atoms with Gasteiger partial charge in [0.15, 0.2) is 10.9 Å². The van der Waals surface area contributed by atoms with Gasteiger partial charge in [-0.15, -0.1) is 0 Å². The number of H-pyrrole nitrogens is 1. The molecule has 0 fully saturated rings. The highest BCUT2D eigenvalue weighted by atomic mass is 35.5. The molecule has 4 nitrogen and oxygen atoms in total. The van der Waals surface area contributed by atoms with Crippen molar-refractivity contribution in [3.63, 3.8) is 0 Å². The molecule has 1 N–H and O–H groups in total. The molecule has 0 amide bonds. The molecular weight excluding hydrogens is 332 g/mol. The minimum Gasteiger partial charge on any atom is -0.497 e. The van der Waals surface area contributed by atoms with E-state index in [1.165, 1.54) is 11.8 Å². The minimum atomic E-state index is 0.0489. The van der Waals surface area contributed by atoms with Gasteiger partial charge in [0, 0.05) is 16.7 Å². The van der Waals surface area contributed by atoms with Gasteiger partial charge in [-0.25, -0.2) is 4.98 Å². The van der Waals surface area contributed by atoms with Gasteiger partial charge in [-0.05, 0) is 42.8 Å². The van der Waals surface area contributed by atoms with Gasteiger partial charge < -0.3 is 9.72 Å². The van der Waals surface area contributed by atoms with Gasteiger partial charge in [0.25, 0.3) is 0 Å². The third-order valence-electron chi connectivity index (χ3n) is 3.49. The maximum atomic E-state index is 12.3. The topological polar surface area (TPSA) is 55.0 Å². The number of fused-ring (bicyclic) bond motifs is 1. The van der Waals surface area contributed by atoms with E-state index in [2.05, 4.69) is 9.97 Å². The summed E-state index contributed by atoms with van der Waals surface area (Å²) in [5, 5.41) is 1.38. The summed E-state index contributed by atoms with van der Waals surface area (Å²) < 4.78 is 5.19. The number of nitrogens with zero attached hydrogens (tertiary/aromatic N) is 1. The van der Waals surface area contributed by atoms with Crippen molar-refractivity contribution in [1.82, 2.24) is 9.97 Å². The summed E-state index contributed by atoms with van der Waals surface area (Å²) >= 11 is 7.37. The number of halogens is 1. The first kappa shape index (κ1) is 15.9. The van der Waals surface area contributed by atoms with Crippen molar-refractivity contribution in [3.05, 3.63) is 52.5 Å². The smallest absolute Gasteiger partial charge is 0.173 e. The third-order valence-corrected chi connectivity index (χ3v) is 4.78. The lowest BCUT2D eigenvalue weighted by Crippen LogP contribution is -2.03. The van der Waals surface area contributed by atoms with Crippen molar-refractivity contribution in [2.24, 2.45) is 0 Å². The SMILES string of the molecule is COc1ccc2nc(SCC(=O)c3ccc(Cl)c(C)c3)[nH]c2c1. The minimum absolute atomic E-state index is 0.0489. The van der Waals surface area contributed by atoms with E-state index in [4.69, 9.17) is 16.3 Å². The molecule has 0 spiro atoms. The fraction of sp³-hybridized carbons (Fsp3) is 0.176. The zero-order valence-electron chi connectivity index (χ0n) is 12.7. The molecule has 2 aromatic carbocycles. The lowest BCUT2D eigenvalue weighted by molar-refractivity contribution is 0.102. The molecule has 1 heterocycles. The number of ether oxygens (including phenoxy) is 1. The Hall–Kier alpha value is -1.98. The summed E-state index contributed by atoms with van der Waals surface area (Å²) in [6.07, 6.45) is 0. The highest BCUT2D eigenvalue weighted by molar-refractivity contribution is 7.99.